The topological polar surface area (TPSA) is 95.9 Å². The van der Waals surface area contributed by atoms with Crippen LogP contribution in [0.5, 0.6) is 0 Å². The van der Waals surface area contributed by atoms with E-state index in [0.29, 0.717) is 25.9 Å². The minimum atomic E-state index is -0.660. The van der Waals surface area contributed by atoms with Crippen molar-refractivity contribution in [2.75, 3.05) is 13.2 Å². The van der Waals surface area contributed by atoms with Gasteiger partial charge < -0.3 is 20.3 Å². The Bertz CT molecular complexity index is 1210. The lowest BCUT2D eigenvalue weighted by Crippen LogP contribution is -2.45. The standard InChI is InChI=1S/C74H145NO5/c1-3-5-7-9-11-13-15-17-18-41-44-48-52-56-60-64-68-74(79)80-69-65-61-57-53-49-45-42-39-37-35-33-31-29-27-25-23-21-19-20-22-24-26-28-30-32-34-36-38-40-43-47-51-55-59-63-67-73(78)75-71(70-76)72(77)66-62-58-54-50-46-16-14-12-10-8-6-4-2/h21,23,71-72,76-77H,3-20,22,24-70H2,1-2H3,(H,75,78)/b23-21-. The molecule has 6 nitrogen and oxygen atoms in total. The van der Waals surface area contributed by atoms with Crippen LogP contribution in [0.25, 0.3) is 0 Å². The highest BCUT2D eigenvalue weighted by Crippen LogP contribution is 2.19. The van der Waals surface area contributed by atoms with Crippen LogP contribution in [0, 0.1) is 0 Å². The molecule has 0 radical (unpaired) electrons. The third-order valence-corrected chi connectivity index (χ3v) is 17.6. The fourth-order valence-electron chi connectivity index (χ4n) is 11.9. The van der Waals surface area contributed by atoms with E-state index in [1.165, 1.54) is 353 Å². The first kappa shape index (κ1) is 78.6. The number of aliphatic hydroxyl groups excluding tert-OH is 2. The van der Waals surface area contributed by atoms with Gasteiger partial charge in [0, 0.05) is 12.8 Å². The van der Waals surface area contributed by atoms with Gasteiger partial charge in [-0.3, -0.25) is 9.59 Å². The predicted octanol–water partition coefficient (Wildman–Crippen LogP) is 23.9. The Morgan fingerprint density at radius 3 is 0.887 bits per heavy atom. The Morgan fingerprint density at radius 2 is 0.588 bits per heavy atom. The Morgan fingerprint density at radius 1 is 0.338 bits per heavy atom. The van der Waals surface area contributed by atoms with E-state index in [1.54, 1.807) is 0 Å². The third kappa shape index (κ3) is 65.7. The largest absolute Gasteiger partial charge is 0.466 e. The fourth-order valence-corrected chi connectivity index (χ4v) is 11.9. The molecule has 0 aromatic rings. The smallest absolute Gasteiger partial charge is 0.305 e. The summed E-state index contributed by atoms with van der Waals surface area (Å²) >= 11 is 0. The number of unbranched alkanes of at least 4 members (excludes halogenated alkanes) is 57. The molecule has 0 rings (SSSR count). The van der Waals surface area contributed by atoms with Crippen molar-refractivity contribution in [2.24, 2.45) is 0 Å². The van der Waals surface area contributed by atoms with Crippen molar-refractivity contribution in [3.63, 3.8) is 0 Å². The number of aliphatic hydroxyl groups is 2. The molecule has 0 spiro atoms. The zero-order chi connectivity index (χ0) is 57.8. The summed E-state index contributed by atoms with van der Waals surface area (Å²) in [4.78, 5) is 24.6. The van der Waals surface area contributed by atoms with Crippen LogP contribution in [-0.4, -0.2) is 47.4 Å². The van der Waals surface area contributed by atoms with Gasteiger partial charge in [0.2, 0.25) is 5.91 Å². The minimum absolute atomic E-state index is 0.0246. The zero-order valence-electron chi connectivity index (χ0n) is 54.6. The van der Waals surface area contributed by atoms with Gasteiger partial charge in [0.05, 0.1) is 25.4 Å². The molecule has 80 heavy (non-hydrogen) atoms. The highest BCUT2D eigenvalue weighted by Gasteiger charge is 2.20. The molecule has 0 aliphatic heterocycles. The van der Waals surface area contributed by atoms with Gasteiger partial charge in [-0.1, -0.05) is 373 Å². The van der Waals surface area contributed by atoms with Crippen molar-refractivity contribution in [3.8, 4) is 0 Å². The molecule has 0 aromatic heterocycles. The van der Waals surface area contributed by atoms with Gasteiger partial charge in [-0.15, -0.1) is 0 Å². The Hall–Kier alpha value is -1.40. The van der Waals surface area contributed by atoms with Crippen LogP contribution in [0.2, 0.25) is 0 Å². The van der Waals surface area contributed by atoms with Crippen molar-refractivity contribution < 1.29 is 24.5 Å². The van der Waals surface area contributed by atoms with E-state index in [2.05, 4.69) is 31.3 Å². The zero-order valence-corrected chi connectivity index (χ0v) is 54.6. The number of hydrogen-bond acceptors (Lipinski definition) is 5. The van der Waals surface area contributed by atoms with E-state index in [1.807, 2.05) is 0 Å². The number of hydrogen-bond donors (Lipinski definition) is 3. The Kier molecular flexibility index (Phi) is 68.9. The maximum Gasteiger partial charge on any atom is 0.305 e. The van der Waals surface area contributed by atoms with Gasteiger partial charge >= 0.3 is 5.97 Å². The van der Waals surface area contributed by atoms with E-state index in [4.69, 9.17) is 4.74 Å². The lowest BCUT2D eigenvalue weighted by Gasteiger charge is -2.22. The summed E-state index contributed by atoms with van der Waals surface area (Å²) < 4.78 is 5.51. The van der Waals surface area contributed by atoms with Gasteiger partial charge in [-0.05, 0) is 51.4 Å². The quantitative estimate of drug-likeness (QED) is 0.0320. The van der Waals surface area contributed by atoms with E-state index in [9.17, 15) is 19.8 Å². The summed E-state index contributed by atoms with van der Waals surface area (Å²) in [6.45, 7) is 4.99. The molecular weight excluding hydrogens is 983 g/mol. The summed E-state index contributed by atoms with van der Waals surface area (Å²) in [6.07, 6.45) is 87.2. The van der Waals surface area contributed by atoms with Crippen LogP contribution in [0.4, 0.5) is 0 Å². The monoisotopic (exact) mass is 1130 g/mol. The van der Waals surface area contributed by atoms with E-state index >= 15 is 0 Å². The van der Waals surface area contributed by atoms with Crippen molar-refractivity contribution >= 4 is 11.9 Å². The van der Waals surface area contributed by atoms with Gasteiger partial charge in [-0.2, -0.15) is 0 Å². The van der Waals surface area contributed by atoms with E-state index in [-0.39, 0.29) is 18.5 Å². The average Bonchev–Trinajstić information content (AvgIpc) is 3.46. The summed E-state index contributed by atoms with van der Waals surface area (Å²) in [5.41, 5.74) is 0. The molecule has 0 saturated carbocycles. The summed E-state index contributed by atoms with van der Waals surface area (Å²) in [5.74, 6) is -0.00469. The van der Waals surface area contributed by atoms with Crippen molar-refractivity contribution in [2.45, 2.75) is 437 Å². The number of nitrogens with one attached hydrogen (secondary N) is 1. The van der Waals surface area contributed by atoms with Crippen LogP contribution >= 0.6 is 0 Å². The van der Waals surface area contributed by atoms with Gasteiger partial charge in [0.15, 0.2) is 0 Å². The molecule has 0 heterocycles. The molecule has 2 atom stereocenters. The molecule has 0 aliphatic rings. The van der Waals surface area contributed by atoms with Crippen LogP contribution < -0.4 is 5.32 Å². The lowest BCUT2D eigenvalue weighted by atomic mass is 10.0. The van der Waals surface area contributed by atoms with E-state index in [0.717, 1.165) is 38.5 Å². The van der Waals surface area contributed by atoms with Crippen molar-refractivity contribution in [1.82, 2.24) is 5.32 Å². The van der Waals surface area contributed by atoms with Gasteiger partial charge in [-0.25, -0.2) is 0 Å². The first-order valence-corrected chi connectivity index (χ1v) is 36.9. The molecular formula is C74H145NO5. The highest BCUT2D eigenvalue weighted by molar-refractivity contribution is 5.76. The van der Waals surface area contributed by atoms with Gasteiger partial charge in [0.1, 0.15) is 0 Å². The number of allylic oxidation sites excluding steroid dienone is 2. The molecule has 0 bridgehead atoms. The molecule has 0 aliphatic carbocycles. The maximum atomic E-state index is 12.5. The highest BCUT2D eigenvalue weighted by atomic mass is 16.5. The van der Waals surface area contributed by atoms with Gasteiger partial charge in [0.25, 0.3) is 0 Å². The second kappa shape index (κ2) is 70.1. The van der Waals surface area contributed by atoms with Crippen molar-refractivity contribution in [1.29, 1.82) is 0 Å². The number of carbonyl (C=O) groups excluding carboxylic acids is 2. The summed E-state index contributed by atoms with van der Waals surface area (Å²) in [7, 11) is 0. The Balaban J connectivity index is 3.30. The predicted molar refractivity (Wildman–Crippen MR) is 352 cm³/mol. The molecule has 2 unspecified atom stereocenters. The first-order chi connectivity index (χ1) is 39.5. The number of esters is 1. The minimum Gasteiger partial charge on any atom is -0.466 e. The molecule has 0 aromatic carbocycles. The molecule has 6 heteroatoms. The second-order valence-electron chi connectivity index (χ2n) is 25.6. The van der Waals surface area contributed by atoms with Crippen LogP contribution in [0.3, 0.4) is 0 Å². The number of carbonyl (C=O) groups is 2. The fraction of sp³-hybridized carbons (Fsp3) is 0.946. The molecule has 0 fully saturated rings. The van der Waals surface area contributed by atoms with Crippen molar-refractivity contribution in [3.05, 3.63) is 12.2 Å². The maximum absolute atomic E-state index is 12.5. The number of rotatable bonds is 70. The number of ether oxygens (including phenoxy) is 1. The Labute approximate surface area is 501 Å². The molecule has 0 saturated heterocycles. The van der Waals surface area contributed by atoms with Crippen LogP contribution in [0.1, 0.15) is 425 Å². The average molecular weight is 1130 g/mol. The molecule has 1 amide bonds. The van der Waals surface area contributed by atoms with E-state index < -0.39 is 12.1 Å². The third-order valence-electron chi connectivity index (χ3n) is 17.6. The lowest BCUT2D eigenvalue weighted by molar-refractivity contribution is -0.143. The summed E-state index contributed by atoms with van der Waals surface area (Å²) in [6, 6.07) is -0.537. The summed E-state index contributed by atoms with van der Waals surface area (Å²) in [5, 5.41) is 23.3. The van der Waals surface area contributed by atoms with Crippen LogP contribution in [-0.2, 0) is 14.3 Å². The van der Waals surface area contributed by atoms with Crippen LogP contribution in [0.15, 0.2) is 12.2 Å². The second-order valence-corrected chi connectivity index (χ2v) is 25.6. The molecule has 3 N–H and O–H groups in total. The SMILES string of the molecule is CCCCCCCCCCCCCCCCCCC(=O)OCCCCCCCCCCCCCCCC/C=C\CCCCCCCCCCCCCCCCCCCC(=O)NC(CO)C(O)CCCCCCCCCCCCCC. The normalized spacial score (nSPS) is 12.5. The molecule has 476 valence electrons. The first-order valence-electron chi connectivity index (χ1n) is 36.9. The number of amides is 1.